The molecule has 0 spiro atoms. The van der Waals surface area contributed by atoms with Crippen LogP contribution < -0.4 is 0 Å². The maximum atomic E-state index is 6.18. The van der Waals surface area contributed by atoms with Crippen LogP contribution in [0.25, 0.3) is 0 Å². The smallest absolute Gasteiger partial charge is 0.331 e. The number of hydrogen-bond donors (Lipinski definition) is 0. The van der Waals surface area contributed by atoms with Crippen LogP contribution in [-0.2, 0) is 8.85 Å². The van der Waals surface area contributed by atoms with E-state index in [1.165, 1.54) is 103 Å². The van der Waals surface area contributed by atoms with Crippen LogP contribution in [0.2, 0.25) is 13.1 Å². The van der Waals surface area contributed by atoms with Crippen molar-refractivity contribution in [1.29, 1.82) is 0 Å². The fraction of sp³-hybridized carbons (Fsp3) is 1.00. The predicted molar refractivity (Wildman–Crippen MR) is 124 cm³/mol. The molecule has 164 valence electrons. The van der Waals surface area contributed by atoms with Gasteiger partial charge in [-0.05, 0) is 32.9 Å². The average Bonchev–Trinajstić information content (AvgIpc) is 2.62. The van der Waals surface area contributed by atoms with Crippen molar-refractivity contribution < 1.29 is 8.85 Å². The van der Waals surface area contributed by atoms with Crippen LogP contribution in [0.3, 0.4) is 0 Å². The molecule has 0 aliphatic heterocycles. The van der Waals surface area contributed by atoms with Gasteiger partial charge in [0, 0.05) is 12.7 Å². The van der Waals surface area contributed by atoms with Gasteiger partial charge < -0.3 is 8.85 Å². The molecule has 0 heterocycles. The summed E-state index contributed by atoms with van der Waals surface area (Å²) in [4.78, 5) is 0. The molecule has 0 aliphatic rings. The van der Waals surface area contributed by atoms with Gasteiger partial charge in [-0.1, -0.05) is 110 Å². The molecule has 0 fully saturated rings. The first-order chi connectivity index (χ1) is 13.0. The molecule has 1 atom stereocenters. The molecular formula is C24H52O2Si. The van der Waals surface area contributed by atoms with Gasteiger partial charge >= 0.3 is 8.56 Å². The number of rotatable bonds is 21. The van der Waals surface area contributed by atoms with E-state index >= 15 is 0 Å². The third-order valence-electron chi connectivity index (χ3n) is 5.40. The van der Waals surface area contributed by atoms with Crippen LogP contribution in [0.5, 0.6) is 0 Å². The van der Waals surface area contributed by atoms with Crippen molar-refractivity contribution in [2.45, 2.75) is 149 Å². The molecule has 27 heavy (non-hydrogen) atoms. The Bertz CT molecular complexity index is 294. The molecule has 0 rings (SSSR count). The van der Waals surface area contributed by atoms with Crippen LogP contribution >= 0.6 is 0 Å². The highest BCUT2D eigenvalue weighted by Crippen LogP contribution is 2.16. The van der Waals surface area contributed by atoms with Crippen LogP contribution in [-0.4, -0.2) is 21.3 Å². The molecule has 0 aromatic heterocycles. The van der Waals surface area contributed by atoms with E-state index in [-0.39, 0.29) is 0 Å². The predicted octanol–water partition coefficient (Wildman–Crippen LogP) is 8.78. The molecule has 1 unspecified atom stereocenters. The van der Waals surface area contributed by atoms with E-state index in [4.69, 9.17) is 8.85 Å². The van der Waals surface area contributed by atoms with Crippen LogP contribution in [0.4, 0.5) is 0 Å². The fourth-order valence-electron chi connectivity index (χ4n) is 3.68. The van der Waals surface area contributed by atoms with Gasteiger partial charge in [0.15, 0.2) is 0 Å². The van der Waals surface area contributed by atoms with Crippen molar-refractivity contribution in [2.24, 2.45) is 0 Å². The van der Waals surface area contributed by atoms with Gasteiger partial charge in [0.25, 0.3) is 0 Å². The van der Waals surface area contributed by atoms with Gasteiger partial charge in [0.05, 0.1) is 0 Å². The zero-order chi connectivity index (χ0) is 20.2. The minimum atomic E-state index is -1.92. The van der Waals surface area contributed by atoms with Gasteiger partial charge in [0.1, 0.15) is 0 Å². The molecule has 0 radical (unpaired) electrons. The monoisotopic (exact) mass is 400 g/mol. The standard InChI is InChI=1S/C24H52O2Si/c1-6-8-10-11-12-13-14-15-16-17-18-19-20-21-23-25-27(4,5)26-24(3)22-9-7-2/h24H,6-23H2,1-5H3. The summed E-state index contributed by atoms with van der Waals surface area (Å²) >= 11 is 0. The van der Waals surface area contributed by atoms with E-state index < -0.39 is 8.56 Å². The maximum absolute atomic E-state index is 6.18. The van der Waals surface area contributed by atoms with Gasteiger partial charge in [-0.3, -0.25) is 0 Å². The molecule has 0 bridgehead atoms. The van der Waals surface area contributed by atoms with Gasteiger partial charge in [-0.15, -0.1) is 0 Å². The van der Waals surface area contributed by atoms with E-state index in [1.54, 1.807) is 0 Å². The Labute approximate surface area is 173 Å². The summed E-state index contributed by atoms with van der Waals surface area (Å²) in [6.45, 7) is 12.0. The van der Waals surface area contributed by atoms with Crippen LogP contribution in [0.15, 0.2) is 0 Å². The summed E-state index contributed by atoms with van der Waals surface area (Å²) in [5.74, 6) is 0. The van der Waals surface area contributed by atoms with Crippen molar-refractivity contribution in [3.05, 3.63) is 0 Å². The first-order valence-corrected chi connectivity index (χ1v) is 15.1. The lowest BCUT2D eigenvalue weighted by atomic mass is 10.0. The Hall–Kier alpha value is 0.137. The second kappa shape index (κ2) is 19.5. The van der Waals surface area contributed by atoms with E-state index in [0.29, 0.717) is 6.10 Å². The SMILES string of the molecule is CCCCCCCCCCCCCCCCO[Si](C)(C)OC(C)CCCC. The Morgan fingerprint density at radius 2 is 1.00 bits per heavy atom. The molecule has 0 aliphatic carbocycles. The highest BCUT2D eigenvalue weighted by Gasteiger charge is 2.26. The molecule has 0 saturated carbocycles. The fourth-order valence-corrected chi connectivity index (χ4v) is 5.47. The van der Waals surface area contributed by atoms with E-state index in [0.717, 1.165) is 13.0 Å². The lowest BCUT2D eigenvalue weighted by molar-refractivity contribution is 0.122. The molecule has 0 aromatic carbocycles. The molecule has 0 N–H and O–H groups in total. The average molecular weight is 401 g/mol. The van der Waals surface area contributed by atoms with Crippen LogP contribution in [0, 0.1) is 0 Å². The second-order valence-corrected chi connectivity index (χ2v) is 12.2. The quantitative estimate of drug-likeness (QED) is 0.141. The molecule has 3 heteroatoms. The highest BCUT2D eigenvalue weighted by atomic mass is 28.4. The Kier molecular flexibility index (Phi) is 19.6. The Morgan fingerprint density at radius 3 is 1.44 bits per heavy atom. The summed E-state index contributed by atoms with van der Waals surface area (Å²) in [7, 11) is -1.92. The molecule has 0 saturated heterocycles. The second-order valence-electron chi connectivity index (χ2n) is 8.92. The van der Waals surface area contributed by atoms with E-state index in [1.807, 2.05) is 0 Å². The van der Waals surface area contributed by atoms with Gasteiger partial charge in [-0.25, -0.2) is 0 Å². The van der Waals surface area contributed by atoms with Gasteiger partial charge in [-0.2, -0.15) is 0 Å². The molecule has 0 amide bonds. The number of unbranched alkanes of at least 4 members (excludes halogenated alkanes) is 14. The Morgan fingerprint density at radius 1 is 0.593 bits per heavy atom. The van der Waals surface area contributed by atoms with Crippen molar-refractivity contribution >= 4 is 8.56 Å². The van der Waals surface area contributed by atoms with Crippen molar-refractivity contribution in [3.63, 3.8) is 0 Å². The van der Waals surface area contributed by atoms with Crippen molar-refractivity contribution in [1.82, 2.24) is 0 Å². The third-order valence-corrected chi connectivity index (χ3v) is 7.27. The topological polar surface area (TPSA) is 18.5 Å². The number of hydrogen-bond acceptors (Lipinski definition) is 2. The largest absolute Gasteiger partial charge is 0.395 e. The zero-order valence-corrected chi connectivity index (χ0v) is 20.6. The molecular weight excluding hydrogens is 348 g/mol. The van der Waals surface area contributed by atoms with Gasteiger partial charge in [0.2, 0.25) is 0 Å². The summed E-state index contributed by atoms with van der Waals surface area (Å²) in [5.41, 5.74) is 0. The molecule has 2 nitrogen and oxygen atoms in total. The third kappa shape index (κ3) is 20.7. The Balaban J connectivity index is 3.32. The van der Waals surface area contributed by atoms with Crippen LogP contribution in [0.1, 0.15) is 130 Å². The minimum absolute atomic E-state index is 0.350. The minimum Gasteiger partial charge on any atom is -0.395 e. The molecule has 0 aromatic rings. The van der Waals surface area contributed by atoms with Crippen molar-refractivity contribution in [3.8, 4) is 0 Å². The van der Waals surface area contributed by atoms with E-state index in [9.17, 15) is 0 Å². The summed E-state index contributed by atoms with van der Waals surface area (Å²) < 4.78 is 12.3. The lowest BCUT2D eigenvalue weighted by Gasteiger charge is -2.27. The normalized spacial score (nSPS) is 13.2. The zero-order valence-electron chi connectivity index (χ0n) is 19.6. The lowest BCUT2D eigenvalue weighted by Crippen LogP contribution is -2.38. The first-order valence-electron chi connectivity index (χ1n) is 12.3. The van der Waals surface area contributed by atoms with E-state index in [2.05, 4.69) is 33.9 Å². The van der Waals surface area contributed by atoms with Crippen molar-refractivity contribution in [2.75, 3.05) is 6.61 Å². The maximum Gasteiger partial charge on any atom is 0.331 e. The highest BCUT2D eigenvalue weighted by molar-refractivity contribution is 6.64. The first kappa shape index (κ1) is 27.1. The summed E-state index contributed by atoms with van der Waals surface area (Å²) in [6.07, 6.45) is 23.7. The summed E-state index contributed by atoms with van der Waals surface area (Å²) in [6, 6.07) is 0. The summed E-state index contributed by atoms with van der Waals surface area (Å²) in [5, 5.41) is 0.